The minimum atomic E-state index is 0.105. The van der Waals surface area contributed by atoms with Crippen LogP contribution in [-0.2, 0) is 9.53 Å². The number of hydrogen-bond acceptors (Lipinski definition) is 3. The van der Waals surface area contributed by atoms with E-state index in [9.17, 15) is 4.79 Å². The highest BCUT2D eigenvalue weighted by Crippen LogP contribution is 2.41. The van der Waals surface area contributed by atoms with Gasteiger partial charge in [0.05, 0.1) is 12.5 Å². The molecule has 0 N–H and O–H groups in total. The van der Waals surface area contributed by atoms with Gasteiger partial charge in [0.15, 0.2) is 0 Å². The van der Waals surface area contributed by atoms with Crippen molar-refractivity contribution in [1.82, 2.24) is 14.5 Å². The van der Waals surface area contributed by atoms with E-state index < -0.39 is 0 Å². The molecule has 1 saturated carbocycles. The molecule has 3 aliphatic rings. The summed E-state index contributed by atoms with van der Waals surface area (Å²) in [5, 5.41) is 0. The second-order valence-corrected chi connectivity index (χ2v) is 7.02. The normalized spacial score (nSPS) is 26.6. The van der Waals surface area contributed by atoms with Crippen LogP contribution in [0.1, 0.15) is 55.6 Å². The molecule has 120 valence electrons. The van der Waals surface area contributed by atoms with Gasteiger partial charge < -0.3 is 14.2 Å². The van der Waals surface area contributed by atoms with Crippen molar-refractivity contribution in [2.45, 2.75) is 51.0 Å². The van der Waals surface area contributed by atoms with E-state index in [1.807, 2.05) is 6.20 Å². The SMILES string of the molecule is Cc1cnc(C2CC2)n1C1CCN(C(=O)C2CCOC2)CC1. The van der Waals surface area contributed by atoms with E-state index in [-0.39, 0.29) is 5.92 Å². The molecule has 1 aliphatic carbocycles. The van der Waals surface area contributed by atoms with Gasteiger partial charge in [-0.05, 0) is 39.0 Å². The molecule has 0 aromatic carbocycles. The van der Waals surface area contributed by atoms with Crippen molar-refractivity contribution in [2.24, 2.45) is 5.92 Å². The number of carbonyl (C=O) groups is 1. The largest absolute Gasteiger partial charge is 0.381 e. The third-order valence-electron chi connectivity index (χ3n) is 5.37. The smallest absolute Gasteiger partial charge is 0.228 e. The van der Waals surface area contributed by atoms with Crippen molar-refractivity contribution in [2.75, 3.05) is 26.3 Å². The number of nitrogens with zero attached hydrogens (tertiary/aromatic N) is 3. The fraction of sp³-hybridized carbons (Fsp3) is 0.765. The molecular formula is C17H25N3O2. The Morgan fingerprint density at radius 3 is 2.64 bits per heavy atom. The average Bonchev–Trinajstić information content (AvgIpc) is 3.09. The first kappa shape index (κ1) is 14.2. The topological polar surface area (TPSA) is 47.4 Å². The summed E-state index contributed by atoms with van der Waals surface area (Å²) in [6.45, 7) is 5.27. The van der Waals surface area contributed by atoms with E-state index in [0.29, 0.717) is 24.5 Å². The molecule has 0 spiro atoms. The number of amides is 1. The lowest BCUT2D eigenvalue weighted by Crippen LogP contribution is -2.42. The standard InChI is InChI=1S/C17H25N3O2/c1-12-10-18-16(13-2-3-13)20(12)15-4-7-19(8-5-15)17(21)14-6-9-22-11-14/h10,13-15H,2-9,11H2,1H3. The van der Waals surface area contributed by atoms with Crippen molar-refractivity contribution >= 4 is 5.91 Å². The van der Waals surface area contributed by atoms with Crippen molar-refractivity contribution in [3.63, 3.8) is 0 Å². The number of rotatable bonds is 3. The highest BCUT2D eigenvalue weighted by Gasteiger charge is 2.34. The lowest BCUT2D eigenvalue weighted by molar-refractivity contribution is -0.136. The van der Waals surface area contributed by atoms with E-state index in [0.717, 1.165) is 39.0 Å². The maximum Gasteiger partial charge on any atom is 0.228 e. The van der Waals surface area contributed by atoms with Gasteiger partial charge in [-0.3, -0.25) is 4.79 Å². The van der Waals surface area contributed by atoms with Crippen LogP contribution in [-0.4, -0.2) is 46.7 Å². The molecule has 2 aliphatic heterocycles. The minimum Gasteiger partial charge on any atom is -0.381 e. The van der Waals surface area contributed by atoms with Crippen LogP contribution in [0.2, 0.25) is 0 Å². The third kappa shape index (κ3) is 2.56. The van der Waals surface area contributed by atoms with E-state index in [2.05, 4.69) is 21.4 Å². The Kier molecular flexibility index (Phi) is 3.68. The van der Waals surface area contributed by atoms with E-state index in [1.165, 1.54) is 24.4 Å². The molecule has 5 nitrogen and oxygen atoms in total. The molecular weight excluding hydrogens is 278 g/mol. The Bertz CT molecular complexity index is 550. The first-order chi connectivity index (χ1) is 10.7. The van der Waals surface area contributed by atoms with E-state index in [4.69, 9.17) is 4.74 Å². The molecule has 5 heteroatoms. The zero-order valence-electron chi connectivity index (χ0n) is 13.3. The van der Waals surface area contributed by atoms with Crippen LogP contribution < -0.4 is 0 Å². The molecule has 1 aromatic heterocycles. The summed E-state index contributed by atoms with van der Waals surface area (Å²) in [5.74, 6) is 2.38. The number of imidazole rings is 1. The van der Waals surface area contributed by atoms with Gasteiger partial charge in [0.1, 0.15) is 5.82 Å². The number of ether oxygens (including phenoxy) is 1. The minimum absolute atomic E-state index is 0.105. The first-order valence-corrected chi connectivity index (χ1v) is 8.64. The maximum atomic E-state index is 12.5. The summed E-state index contributed by atoms with van der Waals surface area (Å²) in [6, 6.07) is 0.516. The number of aryl methyl sites for hydroxylation is 1. The second-order valence-electron chi connectivity index (χ2n) is 7.02. The van der Waals surface area contributed by atoms with Gasteiger partial charge in [-0.2, -0.15) is 0 Å². The lowest BCUT2D eigenvalue weighted by atomic mass is 10.0. The van der Waals surface area contributed by atoms with Gasteiger partial charge in [0.25, 0.3) is 0 Å². The molecule has 1 atom stereocenters. The lowest BCUT2D eigenvalue weighted by Gasteiger charge is -2.35. The summed E-state index contributed by atoms with van der Waals surface area (Å²) < 4.78 is 7.81. The number of aromatic nitrogens is 2. The Morgan fingerprint density at radius 2 is 2.00 bits per heavy atom. The number of piperidine rings is 1. The Morgan fingerprint density at radius 1 is 1.23 bits per heavy atom. The van der Waals surface area contributed by atoms with Gasteiger partial charge in [-0.15, -0.1) is 0 Å². The highest BCUT2D eigenvalue weighted by molar-refractivity contribution is 5.79. The molecule has 3 heterocycles. The summed E-state index contributed by atoms with van der Waals surface area (Å²) >= 11 is 0. The summed E-state index contributed by atoms with van der Waals surface area (Å²) in [7, 11) is 0. The van der Waals surface area contributed by atoms with Crippen LogP contribution in [0, 0.1) is 12.8 Å². The molecule has 3 fully saturated rings. The first-order valence-electron chi connectivity index (χ1n) is 8.64. The van der Waals surface area contributed by atoms with Crippen molar-refractivity contribution in [1.29, 1.82) is 0 Å². The monoisotopic (exact) mass is 303 g/mol. The van der Waals surface area contributed by atoms with Crippen LogP contribution in [0.4, 0.5) is 0 Å². The van der Waals surface area contributed by atoms with Crippen LogP contribution in [0.5, 0.6) is 0 Å². The van der Waals surface area contributed by atoms with Crippen molar-refractivity contribution in [3.8, 4) is 0 Å². The second kappa shape index (κ2) is 5.69. The van der Waals surface area contributed by atoms with Crippen LogP contribution in [0.3, 0.4) is 0 Å². The molecule has 1 unspecified atom stereocenters. The Hall–Kier alpha value is -1.36. The van der Waals surface area contributed by atoms with Crippen LogP contribution in [0.15, 0.2) is 6.20 Å². The van der Waals surface area contributed by atoms with Gasteiger partial charge in [0, 0.05) is 43.5 Å². The van der Waals surface area contributed by atoms with E-state index in [1.54, 1.807) is 0 Å². The van der Waals surface area contributed by atoms with Crippen molar-refractivity contribution < 1.29 is 9.53 Å². The highest BCUT2D eigenvalue weighted by atomic mass is 16.5. The number of likely N-dealkylation sites (tertiary alicyclic amines) is 1. The Balaban J connectivity index is 1.41. The summed E-state index contributed by atoms with van der Waals surface area (Å²) in [6.07, 6.45) is 7.59. The van der Waals surface area contributed by atoms with Crippen LogP contribution in [0.25, 0.3) is 0 Å². The summed E-state index contributed by atoms with van der Waals surface area (Å²) in [5.41, 5.74) is 1.27. The fourth-order valence-electron chi connectivity index (χ4n) is 3.92. The fourth-order valence-corrected chi connectivity index (χ4v) is 3.92. The predicted molar refractivity (Wildman–Crippen MR) is 82.7 cm³/mol. The van der Waals surface area contributed by atoms with Gasteiger partial charge in [0.2, 0.25) is 5.91 Å². The molecule has 22 heavy (non-hydrogen) atoms. The number of carbonyl (C=O) groups excluding carboxylic acids is 1. The third-order valence-corrected chi connectivity index (χ3v) is 5.37. The van der Waals surface area contributed by atoms with Gasteiger partial charge in [-0.1, -0.05) is 0 Å². The van der Waals surface area contributed by atoms with Gasteiger partial charge in [-0.25, -0.2) is 4.98 Å². The predicted octanol–water partition coefficient (Wildman–Crippen LogP) is 2.27. The number of hydrogen-bond donors (Lipinski definition) is 0. The maximum absolute atomic E-state index is 12.5. The van der Waals surface area contributed by atoms with E-state index >= 15 is 0 Å². The zero-order valence-corrected chi connectivity index (χ0v) is 13.3. The van der Waals surface area contributed by atoms with Gasteiger partial charge >= 0.3 is 0 Å². The quantitative estimate of drug-likeness (QED) is 0.860. The van der Waals surface area contributed by atoms with Crippen molar-refractivity contribution in [3.05, 3.63) is 17.7 Å². The summed E-state index contributed by atoms with van der Waals surface area (Å²) in [4.78, 5) is 19.2. The molecule has 1 amide bonds. The zero-order chi connectivity index (χ0) is 15.1. The molecule has 0 radical (unpaired) electrons. The average molecular weight is 303 g/mol. The Labute approximate surface area is 131 Å². The molecule has 0 bridgehead atoms. The molecule has 4 rings (SSSR count). The molecule has 2 saturated heterocycles. The van der Waals surface area contributed by atoms with Crippen LogP contribution >= 0.6 is 0 Å². The molecule has 1 aromatic rings.